The maximum absolute atomic E-state index is 12.3. The van der Waals surface area contributed by atoms with Gasteiger partial charge in [0.15, 0.2) is 0 Å². The Kier molecular flexibility index (Phi) is 5.15. The van der Waals surface area contributed by atoms with E-state index in [4.69, 9.17) is 9.88 Å². The molecular formula is C10H16F3NO2S. The van der Waals surface area contributed by atoms with Crippen LogP contribution in [0, 0.1) is 5.92 Å². The summed E-state index contributed by atoms with van der Waals surface area (Å²) in [5.41, 5.74) is 0. The highest BCUT2D eigenvalue weighted by molar-refractivity contribution is 7.83. The van der Waals surface area contributed by atoms with Crippen LogP contribution in [0.15, 0.2) is 12.2 Å². The monoisotopic (exact) mass is 271 g/mol. The van der Waals surface area contributed by atoms with Crippen LogP contribution in [0.4, 0.5) is 13.2 Å². The van der Waals surface area contributed by atoms with E-state index < -0.39 is 23.1 Å². The lowest BCUT2D eigenvalue weighted by atomic mass is 9.97. The summed E-state index contributed by atoms with van der Waals surface area (Å²) >= 11 is 0. The number of hydrogen-bond acceptors (Lipinski definition) is 2. The molecule has 17 heavy (non-hydrogen) atoms. The van der Waals surface area contributed by atoms with Crippen LogP contribution in [-0.4, -0.2) is 28.3 Å². The molecule has 2 N–H and O–H groups in total. The second-order valence-electron chi connectivity index (χ2n) is 4.11. The fraction of sp³-hybridized carbons (Fsp3) is 0.800. The van der Waals surface area contributed by atoms with Crippen LogP contribution in [0.25, 0.3) is 0 Å². The molecule has 3 nitrogen and oxygen atoms in total. The van der Waals surface area contributed by atoms with Crippen molar-refractivity contribution < 1.29 is 22.1 Å². The minimum Gasteiger partial charge on any atom is -0.374 e. The SMILES string of the molecule is CC(/C=C/[C@H]1CC[C@H](C(F)(F)F)CO1)S(N)=O. The molecule has 1 aliphatic rings. The third kappa shape index (κ3) is 4.77. The van der Waals surface area contributed by atoms with Crippen LogP contribution < -0.4 is 5.14 Å². The number of ether oxygens (including phenoxy) is 1. The van der Waals surface area contributed by atoms with Crippen molar-refractivity contribution in [3.05, 3.63) is 12.2 Å². The van der Waals surface area contributed by atoms with Gasteiger partial charge in [-0.2, -0.15) is 13.2 Å². The van der Waals surface area contributed by atoms with Crippen molar-refractivity contribution >= 4 is 11.0 Å². The molecule has 1 heterocycles. The Morgan fingerprint density at radius 2 is 2.12 bits per heavy atom. The van der Waals surface area contributed by atoms with Crippen molar-refractivity contribution in [3.63, 3.8) is 0 Å². The fourth-order valence-electron chi connectivity index (χ4n) is 1.54. The topological polar surface area (TPSA) is 52.3 Å². The molecule has 0 aliphatic carbocycles. The zero-order chi connectivity index (χ0) is 13.1. The second kappa shape index (κ2) is 5.97. The van der Waals surface area contributed by atoms with Gasteiger partial charge in [-0.15, -0.1) is 0 Å². The smallest absolute Gasteiger partial charge is 0.374 e. The van der Waals surface area contributed by atoms with Crippen molar-refractivity contribution in [2.24, 2.45) is 11.1 Å². The van der Waals surface area contributed by atoms with Gasteiger partial charge in [0.05, 0.1) is 34.9 Å². The van der Waals surface area contributed by atoms with Gasteiger partial charge in [-0.05, 0) is 19.8 Å². The Morgan fingerprint density at radius 3 is 2.53 bits per heavy atom. The predicted molar refractivity (Wildman–Crippen MR) is 59.5 cm³/mol. The molecule has 0 saturated carbocycles. The Balaban J connectivity index is 2.40. The summed E-state index contributed by atoms with van der Waals surface area (Å²) in [5, 5.41) is 4.84. The third-order valence-corrected chi connectivity index (χ3v) is 3.63. The Bertz CT molecular complexity index is 298. The lowest BCUT2D eigenvalue weighted by Gasteiger charge is -2.28. The third-order valence-electron chi connectivity index (χ3n) is 2.74. The van der Waals surface area contributed by atoms with Crippen LogP contribution in [0.5, 0.6) is 0 Å². The van der Waals surface area contributed by atoms with Gasteiger partial charge in [0.25, 0.3) is 0 Å². The maximum atomic E-state index is 12.3. The largest absolute Gasteiger partial charge is 0.394 e. The van der Waals surface area contributed by atoms with E-state index in [1.807, 2.05) is 0 Å². The minimum absolute atomic E-state index is 0.0681. The normalized spacial score (nSPS) is 30.4. The number of halogens is 3. The van der Waals surface area contributed by atoms with Crippen LogP contribution in [0.3, 0.4) is 0 Å². The molecule has 0 amide bonds. The number of hydrogen-bond donors (Lipinski definition) is 1. The van der Waals surface area contributed by atoms with E-state index in [1.165, 1.54) is 0 Å². The van der Waals surface area contributed by atoms with Crippen molar-refractivity contribution in [2.75, 3.05) is 6.61 Å². The summed E-state index contributed by atoms with van der Waals surface area (Å²) in [6.45, 7) is 1.37. The van der Waals surface area contributed by atoms with Gasteiger partial charge in [0.2, 0.25) is 0 Å². The van der Waals surface area contributed by atoms with Crippen molar-refractivity contribution in [1.82, 2.24) is 0 Å². The lowest BCUT2D eigenvalue weighted by molar-refractivity contribution is -0.204. The minimum atomic E-state index is -4.18. The molecule has 1 aliphatic heterocycles. The van der Waals surface area contributed by atoms with E-state index >= 15 is 0 Å². The molecule has 1 saturated heterocycles. The van der Waals surface area contributed by atoms with Crippen LogP contribution >= 0.6 is 0 Å². The highest BCUT2D eigenvalue weighted by atomic mass is 32.2. The summed E-state index contributed by atoms with van der Waals surface area (Å²) in [6.07, 6.45) is -0.861. The quantitative estimate of drug-likeness (QED) is 0.797. The summed E-state index contributed by atoms with van der Waals surface area (Å²) < 4.78 is 52.9. The highest BCUT2D eigenvalue weighted by Gasteiger charge is 2.41. The van der Waals surface area contributed by atoms with E-state index in [0.29, 0.717) is 6.42 Å². The van der Waals surface area contributed by atoms with Gasteiger partial charge < -0.3 is 4.74 Å². The zero-order valence-corrected chi connectivity index (χ0v) is 10.3. The number of rotatable bonds is 3. The van der Waals surface area contributed by atoms with Crippen molar-refractivity contribution in [2.45, 2.75) is 37.3 Å². The Morgan fingerprint density at radius 1 is 1.47 bits per heavy atom. The molecule has 0 aromatic heterocycles. The molecule has 4 atom stereocenters. The van der Waals surface area contributed by atoms with Gasteiger partial charge in [-0.1, -0.05) is 12.2 Å². The number of nitrogens with two attached hydrogens (primary N) is 1. The summed E-state index contributed by atoms with van der Waals surface area (Å²) in [6, 6.07) is 0. The summed E-state index contributed by atoms with van der Waals surface area (Å²) in [4.78, 5) is 0. The van der Waals surface area contributed by atoms with E-state index in [0.717, 1.165) is 0 Å². The van der Waals surface area contributed by atoms with Crippen LogP contribution in [0.1, 0.15) is 19.8 Å². The van der Waals surface area contributed by atoms with Gasteiger partial charge in [0, 0.05) is 0 Å². The number of alkyl halides is 3. The Labute approximate surface area is 101 Å². The molecule has 2 unspecified atom stereocenters. The van der Waals surface area contributed by atoms with E-state index in [-0.39, 0.29) is 24.4 Å². The highest BCUT2D eigenvalue weighted by Crippen LogP contribution is 2.34. The predicted octanol–water partition coefficient (Wildman–Crippen LogP) is 1.91. The van der Waals surface area contributed by atoms with Gasteiger partial charge in [0.1, 0.15) is 0 Å². The molecule has 7 heteroatoms. The average Bonchev–Trinajstić information content (AvgIpc) is 2.25. The molecule has 0 aromatic carbocycles. The first-order chi connectivity index (χ1) is 7.80. The van der Waals surface area contributed by atoms with Crippen molar-refractivity contribution in [3.8, 4) is 0 Å². The van der Waals surface area contributed by atoms with Crippen LogP contribution in [-0.2, 0) is 15.7 Å². The van der Waals surface area contributed by atoms with Gasteiger partial charge in [-0.3, -0.25) is 5.14 Å². The standard InChI is InChI=1S/C10H16F3NO2S/c1-7(17(14)15)2-4-9-5-3-8(6-16-9)10(11,12)13/h2,4,7-9H,3,5-6,14H2,1H3/b4-2+/t7?,8-,9-,17?/m0/s1. The van der Waals surface area contributed by atoms with Gasteiger partial charge in [-0.25, -0.2) is 4.21 Å². The molecule has 1 rings (SSSR count). The molecule has 0 bridgehead atoms. The van der Waals surface area contributed by atoms with Crippen molar-refractivity contribution in [1.29, 1.82) is 0 Å². The first-order valence-corrected chi connectivity index (χ1v) is 6.60. The maximum Gasteiger partial charge on any atom is 0.394 e. The lowest BCUT2D eigenvalue weighted by Crippen LogP contribution is -2.34. The van der Waals surface area contributed by atoms with E-state index in [1.54, 1.807) is 19.1 Å². The summed E-state index contributed by atoms with van der Waals surface area (Å²) in [7, 11) is -1.46. The zero-order valence-electron chi connectivity index (χ0n) is 9.44. The first-order valence-electron chi connectivity index (χ1n) is 5.32. The molecule has 100 valence electrons. The molecular weight excluding hydrogens is 255 g/mol. The molecule has 0 spiro atoms. The molecule has 0 aromatic rings. The van der Waals surface area contributed by atoms with Crippen LogP contribution in [0.2, 0.25) is 0 Å². The molecule has 0 radical (unpaired) electrons. The molecule has 1 fully saturated rings. The van der Waals surface area contributed by atoms with E-state index in [2.05, 4.69) is 0 Å². The van der Waals surface area contributed by atoms with E-state index in [9.17, 15) is 17.4 Å². The fourth-order valence-corrected chi connectivity index (χ4v) is 1.79. The second-order valence-corrected chi connectivity index (χ2v) is 5.51. The Hall–Kier alpha value is -0.400. The van der Waals surface area contributed by atoms with Gasteiger partial charge >= 0.3 is 6.18 Å². The average molecular weight is 271 g/mol. The summed E-state index contributed by atoms with van der Waals surface area (Å²) in [5.74, 6) is -1.37. The first kappa shape index (κ1) is 14.7.